The normalized spacial score (nSPS) is 34.4. The van der Waals surface area contributed by atoms with Crippen molar-refractivity contribution in [2.24, 2.45) is 47.3 Å². The summed E-state index contributed by atoms with van der Waals surface area (Å²) in [6.45, 7) is 0. The van der Waals surface area contributed by atoms with E-state index in [0.717, 1.165) is 18.4 Å². The molecule has 4 amide bonds. The molecule has 0 N–H and O–H groups in total. The fourth-order valence-electron chi connectivity index (χ4n) is 8.07. The summed E-state index contributed by atoms with van der Waals surface area (Å²) in [5.74, 6) is 5.57. The molecule has 8 rings (SSSR count). The number of carbonyl (C=O) groups excluding carboxylic acids is 4. The highest BCUT2D eigenvalue weighted by molar-refractivity contribution is 6.23. The van der Waals surface area contributed by atoms with Crippen LogP contribution in [0.3, 0.4) is 0 Å². The third-order valence-corrected chi connectivity index (χ3v) is 9.75. The van der Waals surface area contributed by atoms with Crippen molar-refractivity contribution >= 4 is 41.1 Å². The minimum Gasteiger partial charge on any atom is -0.274 e. The number of imide groups is 2. The molecular weight excluding hydrogens is 500 g/mol. The zero-order chi connectivity index (χ0) is 27.1. The predicted molar refractivity (Wildman–Crippen MR) is 149 cm³/mol. The van der Waals surface area contributed by atoms with E-state index in [9.17, 15) is 19.2 Å². The Balaban J connectivity index is 0.987. The predicted octanol–water partition coefficient (Wildman–Crippen LogP) is 4.37. The van der Waals surface area contributed by atoms with Crippen LogP contribution in [0.4, 0.5) is 11.4 Å². The van der Waals surface area contributed by atoms with Crippen LogP contribution < -0.4 is 9.80 Å². The Morgan fingerprint density at radius 2 is 1.10 bits per heavy atom. The molecular formula is C34H26N2O4. The Morgan fingerprint density at radius 3 is 1.62 bits per heavy atom. The van der Waals surface area contributed by atoms with Crippen molar-refractivity contribution in [2.75, 3.05) is 9.80 Å². The molecule has 2 aromatic rings. The zero-order valence-corrected chi connectivity index (χ0v) is 21.6. The fourth-order valence-corrected chi connectivity index (χ4v) is 8.07. The van der Waals surface area contributed by atoms with Gasteiger partial charge in [0.2, 0.25) is 23.6 Å². The van der Waals surface area contributed by atoms with Crippen LogP contribution in [0.5, 0.6) is 0 Å². The first-order valence-corrected chi connectivity index (χ1v) is 14.0. The Labute approximate surface area is 232 Å². The molecule has 4 aliphatic carbocycles. The number of carbonyl (C=O) groups is 4. The summed E-state index contributed by atoms with van der Waals surface area (Å²) < 4.78 is 0. The number of hydrogen-bond acceptors (Lipinski definition) is 4. The maximum Gasteiger partial charge on any atom is 0.238 e. The number of amides is 4. The quantitative estimate of drug-likeness (QED) is 0.338. The summed E-state index contributed by atoms with van der Waals surface area (Å²) in [6.07, 6.45) is 13.8. The third kappa shape index (κ3) is 3.24. The van der Waals surface area contributed by atoms with Crippen LogP contribution in [0.25, 0.3) is 6.08 Å². The van der Waals surface area contributed by atoms with E-state index < -0.39 is 0 Å². The van der Waals surface area contributed by atoms with Crippen molar-refractivity contribution in [2.45, 2.75) is 12.8 Å². The van der Waals surface area contributed by atoms with E-state index in [2.05, 4.69) is 36.1 Å². The van der Waals surface area contributed by atoms with Crippen LogP contribution in [0, 0.1) is 59.2 Å². The summed E-state index contributed by atoms with van der Waals surface area (Å²) in [4.78, 5) is 55.3. The second kappa shape index (κ2) is 8.50. The van der Waals surface area contributed by atoms with Gasteiger partial charge in [0.1, 0.15) is 0 Å². The van der Waals surface area contributed by atoms with E-state index in [1.807, 2.05) is 36.4 Å². The minimum absolute atomic E-state index is 0.0878. The van der Waals surface area contributed by atoms with Gasteiger partial charge in [-0.25, -0.2) is 9.80 Å². The summed E-state index contributed by atoms with van der Waals surface area (Å²) in [5.41, 5.74) is 2.71. The first-order chi connectivity index (χ1) is 19.5. The molecule has 2 aromatic carbocycles. The summed E-state index contributed by atoms with van der Waals surface area (Å²) in [5, 5.41) is 0. The largest absolute Gasteiger partial charge is 0.274 e. The fraction of sp³-hybridized carbons (Fsp3) is 0.294. The van der Waals surface area contributed by atoms with Gasteiger partial charge in [-0.15, -0.1) is 0 Å². The van der Waals surface area contributed by atoms with Gasteiger partial charge < -0.3 is 0 Å². The smallest absolute Gasteiger partial charge is 0.238 e. The number of anilines is 2. The molecule has 4 fully saturated rings. The topological polar surface area (TPSA) is 74.8 Å². The van der Waals surface area contributed by atoms with Gasteiger partial charge in [-0.2, -0.15) is 0 Å². The molecule has 4 bridgehead atoms. The van der Waals surface area contributed by atoms with Crippen molar-refractivity contribution in [3.63, 3.8) is 0 Å². The molecule has 6 heteroatoms. The van der Waals surface area contributed by atoms with Crippen LogP contribution in [-0.4, -0.2) is 23.6 Å². The molecule has 0 radical (unpaired) electrons. The molecule has 2 saturated carbocycles. The van der Waals surface area contributed by atoms with Crippen LogP contribution in [0.2, 0.25) is 0 Å². The van der Waals surface area contributed by atoms with Crippen LogP contribution in [0.15, 0.2) is 78.9 Å². The summed E-state index contributed by atoms with van der Waals surface area (Å²) in [7, 11) is 0. The highest BCUT2D eigenvalue weighted by atomic mass is 16.2. The first-order valence-electron chi connectivity index (χ1n) is 14.0. The molecule has 6 nitrogen and oxygen atoms in total. The lowest BCUT2D eigenvalue weighted by Crippen LogP contribution is -2.32. The van der Waals surface area contributed by atoms with E-state index >= 15 is 0 Å². The van der Waals surface area contributed by atoms with Gasteiger partial charge in [0.25, 0.3) is 0 Å². The van der Waals surface area contributed by atoms with Crippen molar-refractivity contribution in [1.82, 2.24) is 0 Å². The molecule has 196 valence electrons. The number of allylic oxidation sites excluding steroid dienone is 5. The molecule has 40 heavy (non-hydrogen) atoms. The maximum absolute atomic E-state index is 13.2. The van der Waals surface area contributed by atoms with E-state index in [1.54, 1.807) is 24.3 Å². The molecule has 2 heterocycles. The van der Waals surface area contributed by atoms with E-state index in [1.165, 1.54) is 9.80 Å². The Kier molecular flexibility index (Phi) is 4.97. The second-order valence-electron chi connectivity index (χ2n) is 11.8. The SMILES string of the molecule is O=C1[C@@H]2[C@H](C(=O)N1c1cccc(C#C/C=C/c3cccc(N4C(=O)[C@H]5[C@H](C4=O)[C@H]4C=C[C@H]5C4)c3)c1)[C@H]1C=C[C@H]2C1. The average Bonchev–Trinajstić information content (AvgIpc) is 3.80. The van der Waals surface area contributed by atoms with Crippen molar-refractivity contribution in [3.8, 4) is 11.8 Å². The van der Waals surface area contributed by atoms with Crippen molar-refractivity contribution in [3.05, 3.63) is 90.0 Å². The summed E-state index contributed by atoms with van der Waals surface area (Å²) in [6, 6.07) is 14.6. The molecule has 6 aliphatic rings. The number of fused-ring (bicyclic) bond motifs is 10. The summed E-state index contributed by atoms with van der Waals surface area (Å²) >= 11 is 0. The van der Waals surface area contributed by atoms with Crippen molar-refractivity contribution in [1.29, 1.82) is 0 Å². The van der Waals surface area contributed by atoms with Gasteiger partial charge in [0, 0.05) is 5.56 Å². The van der Waals surface area contributed by atoms with Gasteiger partial charge in [0.05, 0.1) is 35.0 Å². The lowest BCUT2D eigenvalue weighted by Gasteiger charge is -2.17. The zero-order valence-electron chi connectivity index (χ0n) is 21.6. The number of hydrogen-bond donors (Lipinski definition) is 0. The van der Waals surface area contributed by atoms with Crippen LogP contribution >= 0.6 is 0 Å². The van der Waals surface area contributed by atoms with Gasteiger partial charge in [-0.1, -0.05) is 54.3 Å². The third-order valence-electron chi connectivity index (χ3n) is 9.75. The van der Waals surface area contributed by atoms with Crippen LogP contribution in [0.1, 0.15) is 24.0 Å². The highest BCUT2D eigenvalue weighted by Gasteiger charge is 2.60. The van der Waals surface area contributed by atoms with Gasteiger partial charge in [0.15, 0.2) is 0 Å². The van der Waals surface area contributed by atoms with Crippen LogP contribution in [-0.2, 0) is 19.2 Å². The lowest BCUT2D eigenvalue weighted by molar-refractivity contribution is -0.124. The van der Waals surface area contributed by atoms with Gasteiger partial charge in [-0.3, -0.25) is 19.2 Å². The molecule has 8 atom stereocenters. The molecule has 2 saturated heterocycles. The highest BCUT2D eigenvalue weighted by Crippen LogP contribution is 2.54. The van der Waals surface area contributed by atoms with Gasteiger partial charge in [-0.05, 0) is 84.6 Å². The average molecular weight is 527 g/mol. The second-order valence-corrected chi connectivity index (χ2v) is 11.8. The standard InChI is InChI=1S/C34H26N2O4/c37-31-27-21-11-12-22(17-21)28(27)32(38)35(31)25-9-3-7-19(15-25)5-1-2-6-20-8-4-10-26(16-20)36-33(39)29-23-13-14-24(18-23)30(29)34(36)40/h1,3-5,7-16,21-24,27-30H,17-18H2/b5-1+/t21-,22-,23-,24-,27+,28+,29-,30+/m0/s1. The molecule has 0 spiro atoms. The minimum atomic E-state index is -0.228. The van der Waals surface area contributed by atoms with E-state index in [-0.39, 0.29) is 71.0 Å². The van der Waals surface area contributed by atoms with E-state index in [4.69, 9.17) is 0 Å². The van der Waals surface area contributed by atoms with E-state index in [0.29, 0.717) is 16.9 Å². The monoisotopic (exact) mass is 526 g/mol. The molecule has 0 aromatic heterocycles. The number of rotatable bonds is 3. The Morgan fingerprint density at radius 1 is 0.625 bits per heavy atom. The Hall–Kier alpha value is -4.50. The van der Waals surface area contributed by atoms with Crippen molar-refractivity contribution < 1.29 is 19.2 Å². The first kappa shape index (κ1) is 23.4. The molecule has 2 aliphatic heterocycles. The Bertz CT molecular complexity index is 1610. The number of nitrogens with zero attached hydrogens (tertiary/aromatic N) is 2. The maximum atomic E-state index is 13.2. The van der Waals surface area contributed by atoms with Gasteiger partial charge >= 0.3 is 0 Å². The lowest BCUT2D eigenvalue weighted by atomic mass is 9.85. The number of benzene rings is 2. The molecule has 0 unspecified atom stereocenters.